The number of carboxylic acids is 1. The van der Waals surface area contributed by atoms with Crippen LogP contribution in [0.2, 0.25) is 0 Å². The third-order valence-electron chi connectivity index (χ3n) is 2.73. The molecule has 0 aromatic carbocycles. The molecule has 1 aromatic rings. The van der Waals surface area contributed by atoms with Crippen LogP contribution in [0.1, 0.15) is 30.8 Å². The topological polar surface area (TPSA) is 45.5 Å². The van der Waals surface area contributed by atoms with Gasteiger partial charge in [-0.1, -0.05) is 13.8 Å². The molecule has 0 saturated heterocycles. The first-order valence-corrected chi connectivity index (χ1v) is 6.69. The Kier molecular flexibility index (Phi) is 5.71. The van der Waals surface area contributed by atoms with Gasteiger partial charge < -0.3 is 14.6 Å². The maximum Gasteiger partial charge on any atom is 0.352 e. The van der Waals surface area contributed by atoms with Crippen LogP contribution in [0.3, 0.4) is 0 Å². The fourth-order valence-electron chi connectivity index (χ4n) is 1.83. The summed E-state index contributed by atoms with van der Waals surface area (Å²) >= 11 is 3.31. The molecule has 17 heavy (non-hydrogen) atoms. The Hall–Kier alpha value is -0.810. The van der Waals surface area contributed by atoms with Gasteiger partial charge in [-0.25, -0.2) is 4.79 Å². The maximum atomic E-state index is 11.0. The molecule has 0 bridgehead atoms. The number of hydrogen-bond donors (Lipinski definition) is 1. The van der Waals surface area contributed by atoms with Gasteiger partial charge in [0.05, 0.1) is 0 Å². The largest absolute Gasteiger partial charge is 0.477 e. The Balaban J connectivity index is 2.64. The number of aromatic nitrogens is 1. The molecule has 0 fully saturated rings. The third kappa shape index (κ3) is 4.16. The van der Waals surface area contributed by atoms with E-state index >= 15 is 0 Å². The average Bonchev–Trinajstić information content (AvgIpc) is 2.66. The van der Waals surface area contributed by atoms with Crippen molar-refractivity contribution < 1.29 is 9.90 Å². The summed E-state index contributed by atoms with van der Waals surface area (Å²) in [7, 11) is 0. The highest BCUT2D eigenvalue weighted by atomic mass is 79.9. The monoisotopic (exact) mass is 302 g/mol. The lowest BCUT2D eigenvalue weighted by atomic mass is 10.4. The summed E-state index contributed by atoms with van der Waals surface area (Å²) in [6.07, 6.45) is 2.94. The number of halogens is 1. The minimum atomic E-state index is -0.880. The van der Waals surface area contributed by atoms with Gasteiger partial charge in [0, 0.05) is 23.8 Å². The number of carbonyl (C=O) groups is 1. The van der Waals surface area contributed by atoms with Gasteiger partial charge in [-0.15, -0.1) is 0 Å². The summed E-state index contributed by atoms with van der Waals surface area (Å²) < 4.78 is 2.60. The lowest BCUT2D eigenvalue weighted by Crippen LogP contribution is -2.28. The Labute approximate surface area is 110 Å². The summed E-state index contributed by atoms with van der Waals surface area (Å²) in [5.74, 6) is -0.880. The fraction of sp³-hybridized carbons (Fsp3) is 0.583. The van der Waals surface area contributed by atoms with Crippen molar-refractivity contribution in [3.05, 3.63) is 22.4 Å². The van der Waals surface area contributed by atoms with Crippen molar-refractivity contribution in [3.8, 4) is 0 Å². The van der Waals surface area contributed by atoms with E-state index < -0.39 is 5.97 Å². The van der Waals surface area contributed by atoms with Crippen LogP contribution < -0.4 is 0 Å². The summed E-state index contributed by atoms with van der Waals surface area (Å²) in [6, 6.07) is 1.64. The number of nitrogens with zero attached hydrogens (tertiary/aromatic N) is 2. The minimum absolute atomic E-state index is 0.337. The van der Waals surface area contributed by atoms with E-state index in [4.69, 9.17) is 5.11 Å². The van der Waals surface area contributed by atoms with Crippen molar-refractivity contribution in [1.29, 1.82) is 0 Å². The number of carboxylic acid groups (broad SMARTS) is 1. The molecule has 4 nitrogen and oxygen atoms in total. The van der Waals surface area contributed by atoms with Crippen LogP contribution in [-0.4, -0.2) is 40.2 Å². The van der Waals surface area contributed by atoms with Crippen LogP contribution in [0.4, 0.5) is 0 Å². The van der Waals surface area contributed by atoms with E-state index in [0.29, 0.717) is 12.2 Å². The normalized spacial score (nSPS) is 11.1. The second kappa shape index (κ2) is 6.81. The average molecular weight is 303 g/mol. The molecule has 0 aliphatic carbocycles. The molecular weight excluding hydrogens is 284 g/mol. The van der Waals surface area contributed by atoms with Crippen molar-refractivity contribution in [3.63, 3.8) is 0 Å². The first kappa shape index (κ1) is 14.3. The van der Waals surface area contributed by atoms with E-state index in [1.165, 1.54) is 0 Å². The second-order valence-corrected chi connectivity index (χ2v) is 4.89. The van der Waals surface area contributed by atoms with Crippen LogP contribution in [0.15, 0.2) is 16.7 Å². The predicted octanol–water partition coefficient (Wildman–Crippen LogP) is 2.68. The highest BCUT2D eigenvalue weighted by Gasteiger charge is 2.12. The molecule has 5 heteroatoms. The molecule has 0 aliphatic rings. The Morgan fingerprint density at radius 1 is 1.47 bits per heavy atom. The first-order valence-electron chi connectivity index (χ1n) is 5.89. The minimum Gasteiger partial charge on any atom is -0.477 e. The van der Waals surface area contributed by atoms with Crippen LogP contribution in [0, 0.1) is 0 Å². The van der Waals surface area contributed by atoms with Crippen molar-refractivity contribution in [1.82, 2.24) is 9.47 Å². The van der Waals surface area contributed by atoms with Gasteiger partial charge in [-0.3, -0.25) is 0 Å². The molecule has 0 atom stereocenters. The molecule has 1 N–H and O–H groups in total. The first-order chi connectivity index (χ1) is 8.08. The molecule has 0 unspecified atom stereocenters. The van der Waals surface area contributed by atoms with E-state index in [-0.39, 0.29) is 0 Å². The molecule has 0 amide bonds. The van der Waals surface area contributed by atoms with Gasteiger partial charge >= 0.3 is 5.97 Å². The van der Waals surface area contributed by atoms with Crippen molar-refractivity contribution in [2.75, 3.05) is 19.6 Å². The molecule has 0 spiro atoms. The van der Waals surface area contributed by atoms with Crippen LogP contribution in [0.5, 0.6) is 0 Å². The quantitative estimate of drug-likeness (QED) is 0.842. The van der Waals surface area contributed by atoms with Crippen LogP contribution >= 0.6 is 15.9 Å². The molecule has 0 saturated carbocycles. The number of likely N-dealkylation sites (N-methyl/N-ethyl adjacent to an activating group) is 1. The molecule has 96 valence electrons. The number of aromatic carboxylic acids is 1. The van der Waals surface area contributed by atoms with Crippen molar-refractivity contribution in [2.45, 2.75) is 26.8 Å². The Morgan fingerprint density at radius 3 is 2.71 bits per heavy atom. The number of hydrogen-bond acceptors (Lipinski definition) is 2. The zero-order valence-electron chi connectivity index (χ0n) is 10.3. The molecule has 1 heterocycles. The fourth-order valence-corrected chi connectivity index (χ4v) is 2.30. The number of rotatable bonds is 7. The molecule has 0 aliphatic heterocycles. The SMILES string of the molecule is CCCN(CC)CCn1cc(Br)cc1C(=O)O. The van der Waals surface area contributed by atoms with E-state index in [0.717, 1.165) is 30.5 Å². The smallest absolute Gasteiger partial charge is 0.352 e. The standard InChI is InChI=1S/C12H19BrN2O2/c1-3-5-14(4-2)6-7-15-9-10(13)8-11(15)12(16)17/h8-9H,3-7H2,1-2H3,(H,16,17). The summed E-state index contributed by atoms with van der Waals surface area (Å²) in [5.41, 5.74) is 0.337. The lowest BCUT2D eigenvalue weighted by Gasteiger charge is -2.20. The van der Waals surface area contributed by atoms with Gasteiger partial charge in [0.1, 0.15) is 5.69 Å². The summed E-state index contributed by atoms with van der Waals surface area (Å²) in [6.45, 7) is 7.92. The summed E-state index contributed by atoms with van der Waals surface area (Å²) in [4.78, 5) is 13.3. The van der Waals surface area contributed by atoms with E-state index in [2.05, 4.69) is 34.7 Å². The third-order valence-corrected chi connectivity index (χ3v) is 3.16. The molecule has 1 aromatic heterocycles. The molecular formula is C12H19BrN2O2. The van der Waals surface area contributed by atoms with E-state index in [9.17, 15) is 4.79 Å². The summed E-state index contributed by atoms with van der Waals surface area (Å²) in [5, 5.41) is 9.05. The van der Waals surface area contributed by atoms with E-state index in [1.54, 1.807) is 10.6 Å². The van der Waals surface area contributed by atoms with Crippen LogP contribution in [-0.2, 0) is 6.54 Å². The molecule has 1 rings (SSSR count). The van der Waals surface area contributed by atoms with E-state index in [1.807, 2.05) is 6.20 Å². The van der Waals surface area contributed by atoms with Gasteiger partial charge in [0.15, 0.2) is 0 Å². The maximum absolute atomic E-state index is 11.0. The van der Waals surface area contributed by atoms with Gasteiger partial charge in [0.2, 0.25) is 0 Å². The van der Waals surface area contributed by atoms with Gasteiger partial charge in [-0.2, -0.15) is 0 Å². The Bertz CT molecular complexity index is 377. The predicted molar refractivity (Wildman–Crippen MR) is 71.5 cm³/mol. The molecule has 0 radical (unpaired) electrons. The van der Waals surface area contributed by atoms with Crippen LogP contribution in [0.25, 0.3) is 0 Å². The van der Waals surface area contributed by atoms with Gasteiger partial charge in [0.25, 0.3) is 0 Å². The van der Waals surface area contributed by atoms with Gasteiger partial charge in [-0.05, 0) is 41.5 Å². The highest BCUT2D eigenvalue weighted by Crippen LogP contribution is 2.15. The second-order valence-electron chi connectivity index (χ2n) is 3.98. The zero-order chi connectivity index (χ0) is 12.8. The zero-order valence-corrected chi connectivity index (χ0v) is 11.9. The van der Waals surface area contributed by atoms with Crippen molar-refractivity contribution in [2.24, 2.45) is 0 Å². The Morgan fingerprint density at radius 2 is 2.18 bits per heavy atom. The highest BCUT2D eigenvalue weighted by molar-refractivity contribution is 9.10. The van der Waals surface area contributed by atoms with Crippen molar-refractivity contribution >= 4 is 21.9 Å². The lowest BCUT2D eigenvalue weighted by molar-refractivity contribution is 0.0684.